The highest BCUT2D eigenvalue weighted by Crippen LogP contribution is 2.27. The van der Waals surface area contributed by atoms with Crippen molar-refractivity contribution in [2.75, 3.05) is 0 Å². The molecule has 1 nitrogen and oxygen atoms in total. The molecule has 19 heavy (non-hydrogen) atoms. The van der Waals surface area contributed by atoms with Gasteiger partial charge >= 0.3 is 0 Å². The van der Waals surface area contributed by atoms with E-state index in [1.807, 2.05) is 12.1 Å². The average molecular weight is 344 g/mol. The monoisotopic (exact) mass is 342 g/mol. The number of hydrogen-bond acceptors (Lipinski definition) is 1. The van der Waals surface area contributed by atoms with E-state index in [1.54, 1.807) is 19.1 Å². The lowest BCUT2D eigenvalue weighted by atomic mass is 9.97. The Morgan fingerprint density at radius 2 is 2.00 bits per heavy atom. The normalized spacial score (nSPS) is 12.5. The van der Waals surface area contributed by atoms with Gasteiger partial charge in [-0.1, -0.05) is 39.7 Å². The van der Waals surface area contributed by atoms with Gasteiger partial charge in [-0.3, -0.25) is 0 Å². The van der Waals surface area contributed by atoms with Crippen LogP contribution in [0, 0.1) is 12.7 Å². The van der Waals surface area contributed by atoms with E-state index in [-0.39, 0.29) is 5.82 Å². The van der Waals surface area contributed by atoms with Gasteiger partial charge in [0.05, 0.1) is 6.10 Å². The van der Waals surface area contributed by atoms with Crippen molar-refractivity contribution in [1.29, 1.82) is 0 Å². The predicted octanol–water partition coefficient (Wildman–Crippen LogP) is 4.83. The highest BCUT2D eigenvalue weighted by molar-refractivity contribution is 9.10. The smallest absolute Gasteiger partial charge is 0.123 e. The number of aliphatic hydroxyl groups is 1. The van der Waals surface area contributed by atoms with Gasteiger partial charge in [-0.15, -0.1) is 0 Å². The highest BCUT2D eigenvalue weighted by atomic mass is 79.9. The van der Waals surface area contributed by atoms with Crippen LogP contribution < -0.4 is 0 Å². The van der Waals surface area contributed by atoms with Crippen LogP contribution in [0.5, 0.6) is 0 Å². The minimum absolute atomic E-state index is 0.296. The van der Waals surface area contributed by atoms with E-state index >= 15 is 0 Å². The van der Waals surface area contributed by atoms with Gasteiger partial charge in [-0.25, -0.2) is 4.39 Å². The molecule has 0 heterocycles. The Labute approximate surface area is 125 Å². The van der Waals surface area contributed by atoms with E-state index in [9.17, 15) is 9.50 Å². The molecule has 0 bridgehead atoms. The van der Waals surface area contributed by atoms with Crippen LogP contribution in [0.1, 0.15) is 22.8 Å². The van der Waals surface area contributed by atoms with Gasteiger partial charge in [-0.05, 0) is 47.9 Å². The number of halogens is 3. The molecule has 0 aliphatic rings. The first-order chi connectivity index (χ1) is 8.97. The third kappa shape index (κ3) is 3.56. The molecule has 0 radical (unpaired) electrons. The van der Waals surface area contributed by atoms with E-state index in [1.165, 1.54) is 12.1 Å². The Balaban J connectivity index is 2.23. The molecule has 1 atom stereocenters. The zero-order valence-electron chi connectivity index (χ0n) is 10.3. The molecule has 2 aromatic carbocycles. The maximum absolute atomic E-state index is 13.0. The van der Waals surface area contributed by atoms with Crippen molar-refractivity contribution in [2.24, 2.45) is 0 Å². The highest BCUT2D eigenvalue weighted by Gasteiger charge is 2.13. The van der Waals surface area contributed by atoms with Crippen LogP contribution in [-0.4, -0.2) is 5.11 Å². The first-order valence-electron chi connectivity index (χ1n) is 5.85. The van der Waals surface area contributed by atoms with Crippen molar-refractivity contribution in [3.8, 4) is 0 Å². The minimum atomic E-state index is -0.695. The van der Waals surface area contributed by atoms with Crippen LogP contribution in [-0.2, 0) is 6.42 Å². The molecule has 0 spiro atoms. The molecule has 0 amide bonds. The van der Waals surface area contributed by atoms with Gasteiger partial charge in [0.1, 0.15) is 5.82 Å². The molecule has 0 fully saturated rings. The Bertz CT molecular complexity index is 601. The summed E-state index contributed by atoms with van der Waals surface area (Å²) in [5.74, 6) is -0.296. The van der Waals surface area contributed by atoms with Gasteiger partial charge < -0.3 is 5.11 Å². The van der Waals surface area contributed by atoms with Crippen LogP contribution >= 0.6 is 27.5 Å². The van der Waals surface area contributed by atoms with Gasteiger partial charge in [-0.2, -0.15) is 0 Å². The maximum Gasteiger partial charge on any atom is 0.123 e. The zero-order valence-corrected chi connectivity index (χ0v) is 12.7. The van der Waals surface area contributed by atoms with Crippen molar-refractivity contribution < 1.29 is 9.50 Å². The standard InChI is InChI=1S/C15H13BrClFO/c1-9-6-12(18)4-5-13(9)15(19)7-10-2-3-11(16)8-14(10)17/h2-6,8,15,19H,7H2,1H3. The molecule has 0 aromatic heterocycles. The SMILES string of the molecule is Cc1cc(F)ccc1C(O)Cc1ccc(Br)cc1Cl. The molecule has 2 rings (SSSR count). The molecule has 2 aromatic rings. The van der Waals surface area contributed by atoms with Crippen molar-refractivity contribution in [1.82, 2.24) is 0 Å². The number of aryl methyl sites for hydroxylation is 1. The quantitative estimate of drug-likeness (QED) is 0.846. The predicted molar refractivity (Wildman–Crippen MR) is 79.0 cm³/mol. The Morgan fingerprint density at radius 1 is 1.26 bits per heavy atom. The van der Waals surface area contributed by atoms with E-state index in [0.29, 0.717) is 11.4 Å². The van der Waals surface area contributed by atoms with Crippen LogP contribution in [0.3, 0.4) is 0 Å². The molecule has 1 N–H and O–H groups in total. The number of aliphatic hydroxyl groups excluding tert-OH is 1. The van der Waals surface area contributed by atoms with Crippen molar-refractivity contribution >= 4 is 27.5 Å². The molecule has 0 aliphatic heterocycles. The zero-order chi connectivity index (χ0) is 14.0. The van der Waals surface area contributed by atoms with E-state index in [4.69, 9.17) is 11.6 Å². The molecule has 0 saturated carbocycles. The minimum Gasteiger partial charge on any atom is -0.388 e. The first-order valence-corrected chi connectivity index (χ1v) is 7.02. The summed E-state index contributed by atoms with van der Waals surface area (Å²) in [6.45, 7) is 1.78. The third-order valence-corrected chi connectivity index (χ3v) is 3.86. The topological polar surface area (TPSA) is 20.2 Å². The van der Waals surface area contributed by atoms with E-state index in [2.05, 4.69) is 15.9 Å². The molecular formula is C15H13BrClFO. The number of benzene rings is 2. The first kappa shape index (κ1) is 14.5. The van der Waals surface area contributed by atoms with Crippen molar-refractivity contribution in [3.05, 3.63) is 68.4 Å². The van der Waals surface area contributed by atoms with Crippen LogP contribution in [0.15, 0.2) is 40.9 Å². The summed E-state index contributed by atoms with van der Waals surface area (Å²) in [7, 11) is 0. The molecular weight excluding hydrogens is 331 g/mol. The lowest BCUT2D eigenvalue weighted by Gasteiger charge is -2.15. The summed E-state index contributed by atoms with van der Waals surface area (Å²) in [6, 6.07) is 9.93. The van der Waals surface area contributed by atoms with E-state index in [0.717, 1.165) is 21.2 Å². The second-order valence-corrected chi connectivity index (χ2v) is 5.78. The fourth-order valence-electron chi connectivity index (χ4n) is 2.02. The van der Waals surface area contributed by atoms with Gasteiger partial charge in [0.25, 0.3) is 0 Å². The van der Waals surface area contributed by atoms with Gasteiger partial charge in [0, 0.05) is 15.9 Å². The maximum atomic E-state index is 13.0. The summed E-state index contributed by atoms with van der Waals surface area (Å²) in [6.07, 6.45) is -0.294. The van der Waals surface area contributed by atoms with Crippen LogP contribution in [0.2, 0.25) is 5.02 Å². The molecule has 1 unspecified atom stereocenters. The molecule has 100 valence electrons. The molecule has 0 aliphatic carbocycles. The van der Waals surface area contributed by atoms with Crippen molar-refractivity contribution in [3.63, 3.8) is 0 Å². The van der Waals surface area contributed by atoms with Crippen molar-refractivity contribution in [2.45, 2.75) is 19.4 Å². The average Bonchev–Trinajstić information content (AvgIpc) is 2.32. The summed E-state index contributed by atoms with van der Waals surface area (Å²) < 4.78 is 13.9. The number of hydrogen-bond donors (Lipinski definition) is 1. The second kappa shape index (κ2) is 6.04. The largest absolute Gasteiger partial charge is 0.388 e. The summed E-state index contributed by atoms with van der Waals surface area (Å²) in [4.78, 5) is 0. The summed E-state index contributed by atoms with van der Waals surface area (Å²) in [5.41, 5.74) is 2.32. The lowest BCUT2D eigenvalue weighted by Crippen LogP contribution is -2.04. The Morgan fingerprint density at radius 3 is 2.63 bits per heavy atom. The Kier molecular flexibility index (Phi) is 4.61. The number of rotatable bonds is 3. The van der Waals surface area contributed by atoms with E-state index < -0.39 is 6.10 Å². The van der Waals surface area contributed by atoms with Gasteiger partial charge in [0.2, 0.25) is 0 Å². The molecule has 4 heteroatoms. The fraction of sp³-hybridized carbons (Fsp3) is 0.200. The van der Waals surface area contributed by atoms with Gasteiger partial charge in [0.15, 0.2) is 0 Å². The second-order valence-electron chi connectivity index (χ2n) is 4.46. The third-order valence-electron chi connectivity index (χ3n) is 3.02. The van der Waals surface area contributed by atoms with Crippen LogP contribution in [0.25, 0.3) is 0 Å². The fourth-order valence-corrected chi connectivity index (χ4v) is 2.77. The Hall–Kier alpha value is -0.900. The van der Waals surface area contributed by atoms with Crippen LogP contribution in [0.4, 0.5) is 4.39 Å². The lowest BCUT2D eigenvalue weighted by molar-refractivity contribution is 0.177. The summed E-state index contributed by atoms with van der Waals surface area (Å²) in [5, 5.41) is 10.9. The molecule has 0 saturated heterocycles. The summed E-state index contributed by atoms with van der Waals surface area (Å²) >= 11 is 9.46.